The molecule has 170 valence electrons. The zero-order valence-corrected chi connectivity index (χ0v) is 18.6. The van der Waals surface area contributed by atoms with Gasteiger partial charge < -0.3 is 9.64 Å². The summed E-state index contributed by atoms with van der Waals surface area (Å²) in [5.74, 6) is -1.04. The molecule has 2 aliphatic rings. The monoisotopic (exact) mass is 446 g/mol. The van der Waals surface area contributed by atoms with Crippen LogP contribution in [0.5, 0.6) is 0 Å². The van der Waals surface area contributed by atoms with Crippen molar-refractivity contribution < 1.29 is 19.1 Å². The molecule has 0 aliphatic carbocycles. The second-order valence-electron chi connectivity index (χ2n) is 8.21. The molecule has 0 radical (unpaired) electrons. The number of nitrogens with zero attached hydrogens (tertiary/aromatic N) is 4. The van der Waals surface area contributed by atoms with Crippen LogP contribution >= 0.6 is 0 Å². The zero-order chi connectivity index (χ0) is 23.4. The number of hydrogen-bond acceptors (Lipinski definition) is 6. The largest absolute Gasteiger partial charge is 0.379 e. The number of rotatable bonds is 6. The van der Waals surface area contributed by atoms with Crippen molar-refractivity contribution >= 4 is 23.4 Å². The van der Waals surface area contributed by atoms with Crippen molar-refractivity contribution in [3.05, 3.63) is 65.2 Å². The highest BCUT2D eigenvalue weighted by molar-refractivity contribution is 6.23. The first-order valence-electron chi connectivity index (χ1n) is 11.0. The average Bonchev–Trinajstić information content (AvgIpc) is 3.13. The maximum absolute atomic E-state index is 13.6. The molecule has 1 unspecified atom stereocenters. The van der Waals surface area contributed by atoms with Gasteiger partial charge in [0.15, 0.2) is 0 Å². The molecule has 0 aromatic heterocycles. The maximum atomic E-state index is 13.6. The van der Waals surface area contributed by atoms with E-state index in [1.54, 1.807) is 41.3 Å². The number of hydrogen-bond donors (Lipinski definition) is 0. The van der Waals surface area contributed by atoms with Crippen LogP contribution in [0.2, 0.25) is 0 Å². The fourth-order valence-electron chi connectivity index (χ4n) is 4.26. The van der Waals surface area contributed by atoms with Crippen LogP contribution in [-0.4, -0.2) is 73.0 Å². The van der Waals surface area contributed by atoms with Crippen molar-refractivity contribution in [2.24, 2.45) is 0 Å². The second-order valence-corrected chi connectivity index (χ2v) is 8.21. The summed E-state index contributed by atoms with van der Waals surface area (Å²) in [6.07, 6.45) is -0.0699. The zero-order valence-electron chi connectivity index (χ0n) is 18.6. The molecule has 8 heteroatoms. The predicted molar refractivity (Wildman–Crippen MR) is 122 cm³/mol. The van der Waals surface area contributed by atoms with Crippen LogP contribution in [0.4, 0.5) is 5.69 Å². The third-order valence-electron chi connectivity index (χ3n) is 6.15. The van der Waals surface area contributed by atoms with E-state index in [2.05, 4.69) is 4.90 Å². The number of carbonyl (C=O) groups is 3. The van der Waals surface area contributed by atoms with E-state index in [4.69, 9.17) is 10.00 Å². The van der Waals surface area contributed by atoms with Gasteiger partial charge in [0, 0.05) is 31.7 Å². The Bertz CT molecular complexity index is 1090. The highest BCUT2D eigenvalue weighted by Crippen LogP contribution is 2.27. The number of aryl methyl sites for hydroxylation is 1. The molecule has 4 rings (SSSR count). The van der Waals surface area contributed by atoms with Crippen LogP contribution in [0.3, 0.4) is 0 Å². The molecule has 0 spiro atoms. The van der Waals surface area contributed by atoms with Crippen LogP contribution in [0, 0.1) is 18.3 Å². The molecule has 2 fully saturated rings. The van der Waals surface area contributed by atoms with Crippen molar-refractivity contribution in [2.45, 2.75) is 19.4 Å². The summed E-state index contributed by atoms with van der Waals surface area (Å²) in [5.41, 5.74) is 2.19. The van der Waals surface area contributed by atoms with E-state index < -0.39 is 11.9 Å². The molecule has 0 bridgehead atoms. The van der Waals surface area contributed by atoms with Crippen molar-refractivity contribution in [1.29, 1.82) is 5.26 Å². The molecule has 2 aromatic carbocycles. The normalized spacial score (nSPS) is 18.9. The van der Waals surface area contributed by atoms with Crippen LogP contribution in [-0.2, 0) is 14.3 Å². The van der Waals surface area contributed by atoms with E-state index in [0.29, 0.717) is 43.1 Å². The van der Waals surface area contributed by atoms with Gasteiger partial charge in [-0.1, -0.05) is 18.2 Å². The summed E-state index contributed by atoms with van der Waals surface area (Å²) < 4.78 is 5.40. The first-order valence-corrected chi connectivity index (χ1v) is 11.0. The smallest absolute Gasteiger partial charge is 0.257 e. The standard InChI is InChI=1S/C25H26N4O4/c1-18-4-2-3-5-21(18)24(31)28(11-10-27-12-14-33-15-13-27)22-16-23(30)29(25(22)32)20-8-6-19(17-26)7-9-20/h2-9,22H,10-16H2,1H3. The van der Waals surface area contributed by atoms with E-state index >= 15 is 0 Å². The van der Waals surface area contributed by atoms with Gasteiger partial charge in [-0.05, 0) is 42.8 Å². The van der Waals surface area contributed by atoms with Gasteiger partial charge in [0.25, 0.3) is 11.8 Å². The molecule has 2 heterocycles. The van der Waals surface area contributed by atoms with E-state index in [9.17, 15) is 14.4 Å². The Kier molecular flexibility index (Phi) is 6.82. The van der Waals surface area contributed by atoms with Gasteiger partial charge in [0.2, 0.25) is 5.91 Å². The Hall–Kier alpha value is -3.54. The second kappa shape index (κ2) is 9.94. The minimum absolute atomic E-state index is 0.0699. The Labute approximate surface area is 192 Å². The third kappa shape index (κ3) is 4.80. The number of anilines is 1. The molecule has 0 N–H and O–H groups in total. The summed E-state index contributed by atoms with van der Waals surface area (Å²) in [6, 6.07) is 14.7. The molecular formula is C25H26N4O4. The van der Waals surface area contributed by atoms with Gasteiger partial charge in [-0.2, -0.15) is 5.26 Å². The predicted octanol–water partition coefficient (Wildman–Crippen LogP) is 1.97. The molecular weight excluding hydrogens is 420 g/mol. The Balaban J connectivity index is 1.60. The topological polar surface area (TPSA) is 93.9 Å². The number of imide groups is 1. The van der Waals surface area contributed by atoms with Crippen LogP contribution in [0.25, 0.3) is 0 Å². The lowest BCUT2D eigenvalue weighted by Crippen LogP contribution is -2.49. The lowest BCUT2D eigenvalue weighted by Gasteiger charge is -2.32. The Morgan fingerprint density at radius 1 is 1.12 bits per heavy atom. The van der Waals surface area contributed by atoms with Crippen molar-refractivity contribution in [3.8, 4) is 6.07 Å². The number of benzene rings is 2. The number of carbonyl (C=O) groups excluding carboxylic acids is 3. The van der Waals surface area contributed by atoms with Crippen molar-refractivity contribution in [3.63, 3.8) is 0 Å². The maximum Gasteiger partial charge on any atom is 0.257 e. The highest BCUT2D eigenvalue weighted by atomic mass is 16.5. The van der Waals surface area contributed by atoms with Gasteiger partial charge >= 0.3 is 0 Å². The Morgan fingerprint density at radius 3 is 2.48 bits per heavy atom. The summed E-state index contributed by atoms with van der Waals surface area (Å²) in [7, 11) is 0. The fourth-order valence-corrected chi connectivity index (χ4v) is 4.26. The van der Waals surface area contributed by atoms with Gasteiger partial charge in [-0.25, -0.2) is 4.90 Å². The van der Waals surface area contributed by atoms with Crippen molar-refractivity contribution in [1.82, 2.24) is 9.80 Å². The van der Waals surface area contributed by atoms with Gasteiger partial charge in [0.1, 0.15) is 6.04 Å². The van der Waals surface area contributed by atoms with E-state index in [1.807, 2.05) is 25.1 Å². The molecule has 2 saturated heterocycles. The lowest BCUT2D eigenvalue weighted by molar-refractivity contribution is -0.122. The number of ether oxygens (including phenoxy) is 1. The summed E-state index contributed by atoms with van der Waals surface area (Å²) >= 11 is 0. The summed E-state index contributed by atoms with van der Waals surface area (Å²) in [4.78, 5) is 44.7. The number of morpholine rings is 1. The van der Waals surface area contributed by atoms with E-state index in [1.165, 1.54) is 0 Å². The van der Waals surface area contributed by atoms with Crippen LogP contribution < -0.4 is 4.90 Å². The highest BCUT2D eigenvalue weighted by Gasteiger charge is 2.44. The molecule has 8 nitrogen and oxygen atoms in total. The third-order valence-corrected chi connectivity index (χ3v) is 6.15. The van der Waals surface area contributed by atoms with Gasteiger partial charge in [-0.15, -0.1) is 0 Å². The molecule has 1 atom stereocenters. The van der Waals surface area contributed by atoms with Crippen LogP contribution in [0.15, 0.2) is 48.5 Å². The number of amides is 3. The number of nitriles is 1. The summed E-state index contributed by atoms with van der Waals surface area (Å²) in [5, 5.41) is 9.02. The first kappa shape index (κ1) is 22.6. The fraction of sp³-hybridized carbons (Fsp3) is 0.360. The first-order chi connectivity index (χ1) is 16.0. The minimum atomic E-state index is -0.874. The molecule has 0 saturated carbocycles. The SMILES string of the molecule is Cc1ccccc1C(=O)N(CCN1CCOCC1)C1CC(=O)N(c2ccc(C#N)cc2)C1=O. The summed E-state index contributed by atoms with van der Waals surface area (Å²) in [6.45, 7) is 5.59. The Morgan fingerprint density at radius 2 is 1.82 bits per heavy atom. The minimum Gasteiger partial charge on any atom is -0.379 e. The van der Waals surface area contributed by atoms with Crippen molar-refractivity contribution in [2.75, 3.05) is 44.3 Å². The van der Waals surface area contributed by atoms with E-state index in [-0.39, 0.29) is 18.2 Å². The lowest BCUT2D eigenvalue weighted by atomic mass is 10.1. The van der Waals surface area contributed by atoms with Gasteiger partial charge in [0.05, 0.1) is 37.0 Å². The molecule has 33 heavy (non-hydrogen) atoms. The van der Waals surface area contributed by atoms with Gasteiger partial charge in [-0.3, -0.25) is 19.3 Å². The molecule has 3 amide bonds. The average molecular weight is 447 g/mol. The quantitative estimate of drug-likeness (QED) is 0.630. The molecule has 2 aromatic rings. The van der Waals surface area contributed by atoms with Crippen LogP contribution in [0.1, 0.15) is 27.9 Å². The van der Waals surface area contributed by atoms with E-state index in [0.717, 1.165) is 23.6 Å². The molecule has 2 aliphatic heterocycles.